The van der Waals surface area contributed by atoms with Crippen molar-refractivity contribution in [2.24, 2.45) is 5.41 Å². The van der Waals surface area contributed by atoms with Gasteiger partial charge in [0, 0.05) is 13.8 Å². The minimum Gasteiger partial charge on any atom is -0.490 e. The molecule has 0 radical (unpaired) electrons. The molecule has 15 heavy (non-hydrogen) atoms. The van der Waals surface area contributed by atoms with Gasteiger partial charge in [-0.1, -0.05) is 35.8 Å². The Morgan fingerprint density at radius 2 is 2.20 bits per heavy atom. The number of rotatable bonds is 2. The highest BCUT2D eigenvalue weighted by Crippen LogP contribution is 2.47. The third kappa shape index (κ3) is 2.33. The third-order valence-electron chi connectivity index (χ3n) is 3.13. The molecule has 1 nitrogen and oxygen atoms in total. The summed E-state index contributed by atoms with van der Waals surface area (Å²) in [6.07, 6.45) is 1.43. The Morgan fingerprint density at radius 1 is 1.47 bits per heavy atom. The Bertz CT molecular complexity index is 364. The van der Waals surface area contributed by atoms with E-state index in [-0.39, 0.29) is 5.41 Å². The van der Waals surface area contributed by atoms with Crippen LogP contribution in [0.5, 0.6) is 5.75 Å². The number of benzene rings is 1. The zero-order chi connectivity index (χ0) is 11.1. The maximum Gasteiger partial charge on any atom is 0.120 e. The van der Waals surface area contributed by atoms with E-state index < -0.39 is 0 Å². The first-order valence-corrected chi connectivity index (χ1v) is 7.06. The Kier molecular flexibility index (Phi) is 3.31. The van der Waals surface area contributed by atoms with Crippen molar-refractivity contribution >= 4 is 38.5 Å². The molecule has 2 atom stereocenters. The molecule has 1 aliphatic rings. The zero-order valence-electron chi connectivity index (χ0n) is 8.84. The molecule has 0 heterocycles. The van der Waals surface area contributed by atoms with Crippen molar-refractivity contribution in [1.82, 2.24) is 0 Å². The van der Waals surface area contributed by atoms with Crippen LogP contribution in [-0.2, 0) is 0 Å². The molecule has 0 spiro atoms. The maximum absolute atomic E-state index is 5.98. The SMILES string of the molecule is CC1(C)C(Br)CC1Oc1cccc(I)c1. The fraction of sp³-hybridized carbons (Fsp3) is 0.500. The number of hydrogen-bond donors (Lipinski definition) is 0. The summed E-state index contributed by atoms with van der Waals surface area (Å²) in [5.41, 5.74) is 0.237. The first-order valence-electron chi connectivity index (χ1n) is 5.06. The lowest BCUT2D eigenvalue weighted by Crippen LogP contribution is -2.53. The molecule has 0 bridgehead atoms. The van der Waals surface area contributed by atoms with Crippen LogP contribution in [0, 0.1) is 8.99 Å². The van der Waals surface area contributed by atoms with E-state index in [4.69, 9.17) is 4.74 Å². The van der Waals surface area contributed by atoms with E-state index in [9.17, 15) is 0 Å². The summed E-state index contributed by atoms with van der Waals surface area (Å²) in [6.45, 7) is 4.49. The molecule has 82 valence electrons. The Labute approximate surface area is 113 Å². The van der Waals surface area contributed by atoms with Gasteiger partial charge in [0.05, 0.1) is 0 Å². The van der Waals surface area contributed by atoms with E-state index >= 15 is 0 Å². The average Bonchev–Trinajstić information content (AvgIpc) is 2.17. The summed E-state index contributed by atoms with van der Waals surface area (Å²) < 4.78 is 7.20. The summed E-state index contributed by atoms with van der Waals surface area (Å²) in [5.74, 6) is 0.986. The van der Waals surface area contributed by atoms with Gasteiger partial charge in [-0.05, 0) is 47.2 Å². The van der Waals surface area contributed by atoms with Crippen molar-refractivity contribution in [3.63, 3.8) is 0 Å². The number of alkyl halides is 1. The van der Waals surface area contributed by atoms with Crippen LogP contribution >= 0.6 is 38.5 Å². The summed E-state index contributed by atoms with van der Waals surface area (Å²) in [4.78, 5) is 0.581. The van der Waals surface area contributed by atoms with E-state index in [0.717, 1.165) is 12.2 Å². The van der Waals surface area contributed by atoms with Gasteiger partial charge < -0.3 is 4.74 Å². The minimum absolute atomic E-state index is 0.237. The molecule has 1 saturated carbocycles. The van der Waals surface area contributed by atoms with Crippen LogP contribution in [0.1, 0.15) is 20.3 Å². The fourth-order valence-electron chi connectivity index (χ4n) is 1.74. The second-order valence-electron chi connectivity index (χ2n) is 4.59. The summed E-state index contributed by atoms with van der Waals surface area (Å²) in [6, 6.07) is 8.22. The Morgan fingerprint density at radius 3 is 2.73 bits per heavy atom. The molecule has 1 fully saturated rings. The largest absolute Gasteiger partial charge is 0.490 e. The van der Waals surface area contributed by atoms with E-state index in [2.05, 4.69) is 64.5 Å². The standard InChI is InChI=1S/C12H14BrIO/c1-12(2)10(13)7-11(12)15-9-5-3-4-8(14)6-9/h3-6,10-11H,7H2,1-2H3. The van der Waals surface area contributed by atoms with Gasteiger partial charge in [-0.15, -0.1) is 0 Å². The van der Waals surface area contributed by atoms with Gasteiger partial charge in [-0.3, -0.25) is 0 Å². The molecule has 2 unspecified atom stereocenters. The van der Waals surface area contributed by atoms with Crippen LogP contribution < -0.4 is 4.74 Å². The molecule has 1 aromatic rings. The normalized spacial score (nSPS) is 28.3. The number of ether oxygens (including phenoxy) is 1. The van der Waals surface area contributed by atoms with Gasteiger partial charge in [-0.2, -0.15) is 0 Å². The highest BCUT2D eigenvalue weighted by molar-refractivity contribution is 14.1. The van der Waals surface area contributed by atoms with E-state index in [0.29, 0.717) is 10.9 Å². The van der Waals surface area contributed by atoms with Gasteiger partial charge in [0.25, 0.3) is 0 Å². The van der Waals surface area contributed by atoms with E-state index in [1.807, 2.05) is 12.1 Å². The lowest BCUT2D eigenvalue weighted by atomic mass is 9.69. The van der Waals surface area contributed by atoms with Crippen LogP contribution in [0.2, 0.25) is 0 Å². The highest BCUT2D eigenvalue weighted by atomic mass is 127. The van der Waals surface area contributed by atoms with Crippen molar-refractivity contribution in [3.05, 3.63) is 27.8 Å². The maximum atomic E-state index is 5.98. The number of halogens is 2. The predicted molar refractivity (Wildman–Crippen MR) is 74.7 cm³/mol. The average molecular weight is 381 g/mol. The zero-order valence-corrected chi connectivity index (χ0v) is 12.6. The summed E-state index contributed by atoms with van der Waals surface area (Å²) >= 11 is 5.97. The lowest BCUT2D eigenvalue weighted by Gasteiger charge is -2.48. The molecule has 3 heteroatoms. The van der Waals surface area contributed by atoms with Gasteiger partial charge in [0.15, 0.2) is 0 Å². The molecule has 2 rings (SSSR count). The van der Waals surface area contributed by atoms with Gasteiger partial charge in [0.2, 0.25) is 0 Å². The molecule has 0 aromatic heterocycles. The Balaban J connectivity index is 2.05. The topological polar surface area (TPSA) is 9.23 Å². The van der Waals surface area contributed by atoms with Crippen molar-refractivity contribution in [2.45, 2.75) is 31.2 Å². The van der Waals surface area contributed by atoms with Crippen LogP contribution in [-0.4, -0.2) is 10.9 Å². The number of hydrogen-bond acceptors (Lipinski definition) is 1. The first kappa shape index (κ1) is 11.7. The summed E-state index contributed by atoms with van der Waals surface area (Å²) in [7, 11) is 0. The smallest absolute Gasteiger partial charge is 0.120 e. The molecular formula is C12H14BrIO. The van der Waals surface area contributed by atoms with Crippen LogP contribution in [0.3, 0.4) is 0 Å². The first-order chi connectivity index (χ1) is 7.00. The fourth-order valence-corrected chi connectivity index (χ4v) is 2.89. The second-order valence-corrected chi connectivity index (χ2v) is 6.94. The quantitative estimate of drug-likeness (QED) is 0.551. The molecule has 0 N–H and O–H groups in total. The van der Waals surface area contributed by atoms with Crippen LogP contribution in [0.15, 0.2) is 24.3 Å². The van der Waals surface area contributed by atoms with Crippen LogP contribution in [0.25, 0.3) is 0 Å². The third-order valence-corrected chi connectivity index (χ3v) is 5.36. The van der Waals surface area contributed by atoms with Gasteiger partial charge in [0.1, 0.15) is 11.9 Å². The molecular weight excluding hydrogens is 367 g/mol. The predicted octanol–water partition coefficient (Wildman–Crippen LogP) is 4.23. The van der Waals surface area contributed by atoms with Gasteiger partial charge >= 0.3 is 0 Å². The van der Waals surface area contributed by atoms with Crippen molar-refractivity contribution in [2.75, 3.05) is 0 Å². The van der Waals surface area contributed by atoms with Gasteiger partial charge in [-0.25, -0.2) is 0 Å². The van der Waals surface area contributed by atoms with Crippen molar-refractivity contribution < 1.29 is 4.74 Å². The van der Waals surface area contributed by atoms with E-state index in [1.54, 1.807) is 0 Å². The monoisotopic (exact) mass is 380 g/mol. The molecule has 0 saturated heterocycles. The summed E-state index contributed by atoms with van der Waals surface area (Å²) in [5, 5.41) is 0. The molecule has 0 amide bonds. The molecule has 1 aliphatic carbocycles. The second kappa shape index (κ2) is 4.24. The molecule has 1 aromatic carbocycles. The highest BCUT2D eigenvalue weighted by Gasteiger charge is 2.48. The minimum atomic E-state index is 0.237. The van der Waals surface area contributed by atoms with Crippen molar-refractivity contribution in [3.8, 4) is 5.75 Å². The van der Waals surface area contributed by atoms with Crippen molar-refractivity contribution in [1.29, 1.82) is 0 Å². The Hall–Kier alpha value is 0.230. The molecule has 0 aliphatic heterocycles. The van der Waals surface area contributed by atoms with E-state index in [1.165, 1.54) is 3.57 Å². The van der Waals surface area contributed by atoms with Crippen LogP contribution in [0.4, 0.5) is 0 Å². The lowest BCUT2D eigenvalue weighted by molar-refractivity contribution is -0.00783.